The summed E-state index contributed by atoms with van der Waals surface area (Å²) in [6.45, 7) is -0.0995. The second kappa shape index (κ2) is 4.54. The Kier molecular flexibility index (Phi) is 3.32. The smallest absolute Gasteiger partial charge is 0.135 e. The second-order valence-electron chi connectivity index (χ2n) is 4.05. The Morgan fingerprint density at radius 3 is 2.67 bits per heavy atom. The molecule has 1 aliphatic rings. The zero-order valence-corrected chi connectivity index (χ0v) is 10.2. The van der Waals surface area contributed by atoms with E-state index in [2.05, 4.69) is 15.9 Å². The lowest BCUT2D eigenvalue weighted by Crippen LogP contribution is -1.97. The lowest BCUT2D eigenvalue weighted by Gasteiger charge is -2.13. The van der Waals surface area contributed by atoms with Crippen molar-refractivity contribution in [1.82, 2.24) is 0 Å². The first-order valence-corrected chi connectivity index (χ1v) is 6.16. The van der Waals surface area contributed by atoms with Crippen molar-refractivity contribution in [3.63, 3.8) is 0 Å². The third kappa shape index (κ3) is 2.04. The summed E-state index contributed by atoms with van der Waals surface area (Å²) in [7, 11) is 0. The van der Waals surface area contributed by atoms with Gasteiger partial charge < -0.3 is 10.2 Å². The van der Waals surface area contributed by atoms with E-state index in [1.807, 2.05) is 6.07 Å². The number of aromatic hydroxyl groups is 1. The second-order valence-corrected chi connectivity index (χ2v) is 4.85. The van der Waals surface area contributed by atoms with Crippen molar-refractivity contribution in [3.8, 4) is 5.75 Å². The summed E-state index contributed by atoms with van der Waals surface area (Å²) in [4.78, 5) is 0. The van der Waals surface area contributed by atoms with Crippen LogP contribution in [0.3, 0.4) is 0 Å². The molecule has 1 aromatic carbocycles. The number of fused-ring (bicyclic) bond motifs is 1. The van der Waals surface area contributed by atoms with Gasteiger partial charge in [0.2, 0.25) is 0 Å². The lowest BCUT2D eigenvalue weighted by atomic mass is 9.99. The molecular formula is C12H15BrO2. The summed E-state index contributed by atoms with van der Waals surface area (Å²) in [5, 5.41) is 19.0. The highest BCUT2D eigenvalue weighted by Gasteiger charge is 2.16. The molecule has 0 spiro atoms. The van der Waals surface area contributed by atoms with Crippen LogP contribution in [0.1, 0.15) is 36.0 Å². The maximum Gasteiger partial charge on any atom is 0.135 e. The molecule has 3 heteroatoms. The van der Waals surface area contributed by atoms with Crippen LogP contribution >= 0.6 is 15.9 Å². The molecule has 0 aliphatic heterocycles. The minimum Gasteiger partial charge on any atom is -0.506 e. The van der Waals surface area contributed by atoms with Gasteiger partial charge in [0.05, 0.1) is 11.1 Å². The van der Waals surface area contributed by atoms with Gasteiger partial charge in [0, 0.05) is 5.56 Å². The minimum atomic E-state index is -0.0995. The summed E-state index contributed by atoms with van der Waals surface area (Å²) < 4.78 is 0.783. The fraction of sp³-hybridized carbons (Fsp3) is 0.500. The molecule has 1 aliphatic carbocycles. The first-order chi connectivity index (χ1) is 7.24. The largest absolute Gasteiger partial charge is 0.506 e. The highest BCUT2D eigenvalue weighted by Crippen LogP contribution is 2.37. The molecule has 0 saturated carbocycles. The van der Waals surface area contributed by atoms with E-state index < -0.39 is 0 Å². The Bertz CT molecular complexity index is 374. The summed E-state index contributed by atoms with van der Waals surface area (Å²) in [5.41, 5.74) is 3.13. The van der Waals surface area contributed by atoms with E-state index in [0.717, 1.165) is 17.3 Å². The Hall–Kier alpha value is -0.540. The molecule has 1 aromatic rings. The number of hydrogen-bond acceptors (Lipinski definition) is 2. The fourth-order valence-electron chi connectivity index (χ4n) is 2.20. The van der Waals surface area contributed by atoms with E-state index in [1.165, 1.54) is 30.4 Å². The minimum absolute atomic E-state index is 0.0995. The maximum atomic E-state index is 9.84. The average Bonchev–Trinajstić information content (AvgIpc) is 2.48. The standard InChI is InChI=1S/C12H15BrO2/c13-11-10-5-3-1-2-4-8(10)6-9(7-14)12(11)15/h6,14-15H,1-5,7H2. The number of rotatable bonds is 1. The molecule has 0 heterocycles. The number of phenols is 1. The van der Waals surface area contributed by atoms with Crippen LogP contribution in [-0.2, 0) is 19.4 Å². The number of aliphatic hydroxyl groups excluding tert-OH is 1. The van der Waals surface area contributed by atoms with Gasteiger partial charge in [0.1, 0.15) is 5.75 Å². The van der Waals surface area contributed by atoms with Crippen molar-refractivity contribution in [3.05, 3.63) is 27.2 Å². The monoisotopic (exact) mass is 270 g/mol. The SMILES string of the molecule is OCc1cc2c(c(Br)c1O)CCCCC2. The van der Waals surface area contributed by atoms with Gasteiger partial charge in [0.15, 0.2) is 0 Å². The fourth-order valence-corrected chi connectivity index (χ4v) is 2.91. The number of aryl methyl sites for hydroxylation is 1. The normalized spacial score (nSPS) is 15.9. The molecule has 2 nitrogen and oxygen atoms in total. The van der Waals surface area contributed by atoms with Gasteiger partial charge in [0.25, 0.3) is 0 Å². The van der Waals surface area contributed by atoms with Gasteiger partial charge in [-0.15, -0.1) is 0 Å². The molecule has 0 unspecified atom stereocenters. The Labute approximate surface area is 98.1 Å². The molecule has 2 N–H and O–H groups in total. The van der Waals surface area contributed by atoms with E-state index in [1.54, 1.807) is 0 Å². The van der Waals surface area contributed by atoms with Crippen molar-refractivity contribution < 1.29 is 10.2 Å². The van der Waals surface area contributed by atoms with Gasteiger partial charge in [-0.25, -0.2) is 0 Å². The number of benzene rings is 1. The van der Waals surface area contributed by atoms with Crippen LogP contribution in [0.25, 0.3) is 0 Å². The number of aliphatic hydroxyl groups is 1. The molecule has 0 amide bonds. The summed E-state index contributed by atoms with van der Waals surface area (Å²) in [6, 6.07) is 1.95. The molecule has 15 heavy (non-hydrogen) atoms. The zero-order chi connectivity index (χ0) is 10.8. The summed E-state index contributed by atoms with van der Waals surface area (Å²) in [5.74, 6) is 0.207. The molecule has 82 valence electrons. The van der Waals surface area contributed by atoms with E-state index >= 15 is 0 Å². The molecule has 2 rings (SSSR count). The van der Waals surface area contributed by atoms with Crippen LogP contribution in [0.5, 0.6) is 5.75 Å². The van der Waals surface area contributed by atoms with E-state index in [9.17, 15) is 5.11 Å². The van der Waals surface area contributed by atoms with Crippen molar-refractivity contribution in [1.29, 1.82) is 0 Å². The first kappa shape index (κ1) is 11.0. The van der Waals surface area contributed by atoms with Gasteiger partial charge in [-0.05, 0) is 58.8 Å². The van der Waals surface area contributed by atoms with Crippen LogP contribution in [0.15, 0.2) is 10.5 Å². The predicted molar refractivity (Wildman–Crippen MR) is 63.0 cm³/mol. The van der Waals surface area contributed by atoms with Crippen molar-refractivity contribution >= 4 is 15.9 Å². The Morgan fingerprint density at radius 1 is 1.20 bits per heavy atom. The highest BCUT2D eigenvalue weighted by molar-refractivity contribution is 9.10. The van der Waals surface area contributed by atoms with E-state index in [0.29, 0.717) is 5.56 Å². The molecule has 0 atom stereocenters. The topological polar surface area (TPSA) is 40.5 Å². The van der Waals surface area contributed by atoms with Crippen molar-refractivity contribution in [2.24, 2.45) is 0 Å². The molecule has 0 fully saturated rings. The van der Waals surface area contributed by atoms with Gasteiger partial charge in [-0.1, -0.05) is 6.42 Å². The molecule has 0 aromatic heterocycles. The third-order valence-corrected chi connectivity index (χ3v) is 3.91. The van der Waals surface area contributed by atoms with Crippen LogP contribution in [-0.4, -0.2) is 10.2 Å². The molecule has 0 radical (unpaired) electrons. The van der Waals surface area contributed by atoms with Gasteiger partial charge in [-0.3, -0.25) is 0 Å². The summed E-state index contributed by atoms with van der Waals surface area (Å²) in [6.07, 6.45) is 5.71. The van der Waals surface area contributed by atoms with Gasteiger partial charge in [-0.2, -0.15) is 0 Å². The number of halogens is 1. The molecular weight excluding hydrogens is 256 g/mol. The van der Waals surface area contributed by atoms with Crippen LogP contribution in [0.4, 0.5) is 0 Å². The van der Waals surface area contributed by atoms with Gasteiger partial charge >= 0.3 is 0 Å². The number of hydrogen-bond donors (Lipinski definition) is 2. The Balaban J connectivity index is 2.53. The van der Waals surface area contributed by atoms with Crippen molar-refractivity contribution in [2.75, 3.05) is 0 Å². The summed E-state index contributed by atoms with van der Waals surface area (Å²) >= 11 is 3.43. The van der Waals surface area contributed by atoms with E-state index in [-0.39, 0.29) is 12.4 Å². The average molecular weight is 271 g/mol. The van der Waals surface area contributed by atoms with Crippen LogP contribution < -0.4 is 0 Å². The predicted octanol–water partition coefficient (Wildman–Crippen LogP) is 2.92. The lowest BCUT2D eigenvalue weighted by molar-refractivity contribution is 0.275. The third-order valence-electron chi connectivity index (χ3n) is 3.06. The van der Waals surface area contributed by atoms with Crippen LogP contribution in [0, 0.1) is 0 Å². The molecule has 0 saturated heterocycles. The highest BCUT2D eigenvalue weighted by atomic mass is 79.9. The van der Waals surface area contributed by atoms with Crippen LogP contribution in [0.2, 0.25) is 0 Å². The zero-order valence-electron chi connectivity index (χ0n) is 8.59. The first-order valence-electron chi connectivity index (χ1n) is 5.37. The quantitative estimate of drug-likeness (QED) is 0.771. The maximum absolute atomic E-state index is 9.84. The van der Waals surface area contributed by atoms with Crippen molar-refractivity contribution in [2.45, 2.75) is 38.7 Å². The van der Waals surface area contributed by atoms with E-state index in [4.69, 9.17) is 5.11 Å². The molecule has 0 bridgehead atoms. The Morgan fingerprint density at radius 2 is 1.93 bits per heavy atom.